The first kappa shape index (κ1) is 6.29. The first-order valence-corrected chi connectivity index (χ1v) is 3.58. The molecule has 3 N–H and O–H groups in total. The van der Waals surface area contributed by atoms with Crippen LogP contribution in [-0.2, 0) is 0 Å². The predicted molar refractivity (Wildman–Crippen MR) is 38.3 cm³/mol. The number of nitrogens with zero attached hydrogens (tertiary/aromatic N) is 1. The van der Waals surface area contributed by atoms with Crippen LogP contribution >= 0.6 is 11.5 Å². The van der Waals surface area contributed by atoms with Crippen LogP contribution in [0.25, 0.3) is 0 Å². The van der Waals surface area contributed by atoms with Crippen LogP contribution in [0.5, 0.6) is 0 Å². The van der Waals surface area contributed by atoms with Crippen molar-refractivity contribution in [2.75, 3.05) is 5.73 Å². The topological polar surface area (TPSA) is 85.1 Å². The van der Waals surface area contributed by atoms with Gasteiger partial charge in [-0.05, 0) is 11.5 Å². The van der Waals surface area contributed by atoms with Crippen LogP contribution in [0.4, 0.5) is 5.00 Å². The lowest BCUT2D eigenvalue weighted by Crippen LogP contribution is -2.20. The molecule has 56 valence electrons. The summed E-state index contributed by atoms with van der Waals surface area (Å²) in [5, 5.41) is 2.38. The third-order valence-electron chi connectivity index (χ3n) is 1.39. The highest BCUT2D eigenvalue weighted by Gasteiger charge is 2.32. The lowest BCUT2D eigenvalue weighted by Gasteiger charge is -1.86. The summed E-state index contributed by atoms with van der Waals surface area (Å²) in [5.41, 5.74) is 5.76. The van der Waals surface area contributed by atoms with E-state index in [-0.39, 0.29) is 11.3 Å². The van der Waals surface area contributed by atoms with Crippen molar-refractivity contribution in [3.8, 4) is 0 Å². The number of nitrogens with one attached hydrogen (secondary N) is 1. The summed E-state index contributed by atoms with van der Waals surface area (Å²) in [7, 11) is 0. The normalized spacial score (nSPS) is 14.9. The van der Waals surface area contributed by atoms with Gasteiger partial charge < -0.3 is 5.73 Å². The highest BCUT2D eigenvalue weighted by Crippen LogP contribution is 2.24. The van der Waals surface area contributed by atoms with Gasteiger partial charge in [0.1, 0.15) is 10.6 Å². The quantitative estimate of drug-likeness (QED) is 0.518. The molecule has 0 bridgehead atoms. The zero-order chi connectivity index (χ0) is 8.01. The molecule has 1 aromatic heterocycles. The summed E-state index contributed by atoms with van der Waals surface area (Å²) >= 11 is 0.960. The van der Waals surface area contributed by atoms with E-state index in [1.165, 1.54) is 0 Å². The molecule has 0 aliphatic carbocycles. The number of nitrogens with two attached hydrogens (primary N) is 1. The zero-order valence-electron chi connectivity index (χ0n) is 5.25. The van der Waals surface area contributed by atoms with E-state index in [2.05, 4.69) is 9.69 Å². The van der Waals surface area contributed by atoms with E-state index in [1.54, 1.807) is 0 Å². The van der Waals surface area contributed by atoms with Gasteiger partial charge in [0.05, 0.1) is 0 Å². The molecule has 11 heavy (non-hydrogen) atoms. The summed E-state index contributed by atoms with van der Waals surface area (Å²) < 4.78 is 3.71. The van der Waals surface area contributed by atoms with Crippen LogP contribution in [0.3, 0.4) is 0 Å². The second-order valence-corrected chi connectivity index (χ2v) is 2.86. The van der Waals surface area contributed by atoms with Gasteiger partial charge in [-0.3, -0.25) is 14.9 Å². The number of carbonyl (C=O) groups is 2. The first-order chi connectivity index (χ1) is 5.20. The van der Waals surface area contributed by atoms with Gasteiger partial charge in [0.15, 0.2) is 5.69 Å². The van der Waals surface area contributed by atoms with E-state index in [4.69, 9.17) is 5.73 Å². The van der Waals surface area contributed by atoms with Crippen LogP contribution in [0, 0.1) is 0 Å². The number of imide groups is 1. The Morgan fingerprint density at radius 2 is 2.09 bits per heavy atom. The third kappa shape index (κ3) is 0.666. The Labute approximate surface area is 65.4 Å². The molecule has 0 fully saturated rings. The van der Waals surface area contributed by atoms with Crippen LogP contribution < -0.4 is 11.1 Å². The van der Waals surface area contributed by atoms with Crippen molar-refractivity contribution in [1.82, 2.24) is 9.69 Å². The van der Waals surface area contributed by atoms with Gasteiger partial charge in [-0.15, -0.1) is 0 Å². The van der Waals surface area contributed by atoms with Gasteiger partial charge in [0.25, 0.3) is 11.8 Å². The molecule has 1 aliphatic rings. The molecule has 0 radical (unpaired) electrons. The number of rotatable bonds is 0. The molecule has 1 aliphatic heterocycles. The van der Waals surface area contributed by atoms with E-state index in [9.17, 15) is 9.59 Å². The summed E-state index contributed by atoms with van der Waals surface area (Å²) in [5.74, 6) is -0.908. The highest BCUT2D eigenvalue weighted by molar-refractivity contribution is 7.10. The Balaban J connectivity index is 2.72. The number of fused-ring (bicyclic) bond motifs is 1. The fourth-order valence-electron chi connectivity index (χ4n) is 0.902. The maximum Gasteiger partial charge on any atom is 0.278 e. The average molecular weight is 169 g/mol. The summed E-state index contributed by atoms with van der Waals surface area (Å²) in [6, 6.07) is 0. The number of amides is 2. The molecule has 2 rings (SSSR count). The molecule has 0 spiro atoms. The fraction of sp³-hybridized carbons (Fsp3) is 0. The molecule has 0 saturated carbocycles. The molecule has 5 nitrogen and oxygen atoms in total. The number of anilines is 1. The van der Waals surface area contributed by atoms with Crippen molar-refractivity contribution in [2.45, 2.75) is 0 Å². The SMILES string of the molecule is Nc1snc2c1C(=O)NC2=O. The second-order valence-electron chi connectivity index (χ2n) is 2.05. The van der Waals surface area contributed by atoms with Crippen molar-refractivity contribution >= 4 is 28.3 Å². The molecular formula is C5H3N3O2S. The maximum atomic E-state index is 10.9. The molecule has 0 saturated heterocycles. The molecule has 6 heteroatoms. The van der Waals surface area contributed by atoms with Gasteiger partial charge in [-0.2, -0.15) is 4.37 Å². The number of hydrogen-bond acceptors (Lipinski definition) is 5. The van der Waals surface area contributed by atoms with E-state index in [0.29, 0.717) is 5.00 Å². The van der Waals surface area contributed by atoms with Crippen LogP contribution in [-0.4, -0.2) is 16.2 Å². The Morgan fingerprint density at radius 1 is 1.36 bits per heavy atom. The number of nitrogen functional groups attached to an aromatic ring is 1. The molecule has 0 atom stereocenters. The number of carbonyl (C=O) groups excluding carboxylic acids is 2. The molecule has 0 unspecified atom stereocenters. The van der Waals surface area contributed by atoms with Crippen molar-refractivity contribution in [2.24, 2.45) is 0 Å². The molecule has 2 amide bonds. The molecule has 0 aromatic carbocycles. The summed E-state index contributed by atoms with van der Waals surface area (Å²) in [6.07, 6.45) is 0. The highest BCUT2D eigenvalue weighted by atomic mass is 32.1. The van der Waals surface area contributed by atoms with Crippen molar-refractivity contribution < 1.29 is 9.59 Å². The van der Waals surface area contributed by atoms with E-state index < -0.39 is 11.8 Å². The monoisotopic (exact) mass is 169 g/mol. The Bertz CT molecular complexity index is 357. The van der Waals surface area contributed by atoms with Crippen LogP contribution in [0.1, 0.15) is 20.8 Å². The Kier molecular flexibility index (Phi) is 1.02. The van der Waals surface area contributed by atoms with Crippen LogP contribution in [0.15, 0.2) is 0 Å². The molecular weight excluding hydrogens is 166 g/mol. The maximum absolute atomic E-state index is 10.9. The van der Waals surface area contributed by atoms with E-state index in [1.807, 2.05) is 0 Å². The van der Waals surface area contributed by atoms with E-state index >= 15 is 0 Å². The van der Waals surface area contributed by atoms with Crippen molar-refractivity contribution in [3.63, 3.8) is 0 Å². The second kappa shape index (κ2) is 1.79. The Morgan fingerprint density at radius 3 is 2.73 bits per heavy atom. The smallest absolute Gasteiger partial charge is 0.278 e. The zero-order valence-corrected chi connectivity index (χ0v) is 6.07. The molecule has 2 heterocycles. The number of hydrogen-bond donors (Lipinski definition) is 2. The third-order valence-corrected chi connectivity index (χ3v) is 2.06. The largest absolute Gasteiger partial charge is 0.389 e. The first-order valence-electron chi connectivity index (χ1n) is 2.81. The lowest BCUT2D eigenvalue weighted by molar-refractivity contribution is 0.0878. The molecule has 1 aromatic rings. The number of aromatic nitrogens is 1. The minimum atomic E-state index is -0.460. The summed E-state index contributed by atoms with van der Waals surface area (Å²) in [4.78, 5) is 21.8. The van der Waals surface area contributed by atoms with Gasteiger partial charge in [-0.1, -0.05) is 0 Å². The van der Waals surface area contributed by atoms with Gasteiger partial charge in [0, 0.05) is 0 Å². The van der Waals surface area contributed by atoms with Gasteiger partial charge in [-0.25, -0.2) is 0 Å². The van der Waals surface area contributed by atoms with Gasteiger partial charge in [0.2, 0.25) is 0 Å². The fourth-order valence-corrected chi connectivity index (χ4v) is 1.55. The standard InChI is InChI=1S/C5H3N3O2S/c6-3-1-2(8-11-3)5(10)7-4(1)9/h6H2,(H,7,9,10). The summed E-state index contributed by atoms with van der Waals surface area (Å²) in [6.45, 7) is 0. The van der Waals surface area contributed by atoms with Crippen molar-refractivity contribution in [1.29, 1.82) is 0 Å². The van der Waals surface area contributed by atoms with Gasteiger partial charge >= 0.3 is 0 Å². The predicted octanol–water partition coefficient (Wildman–Crippen LogP) is -0.391. The van der Waals surface area contributed by atoms with Crippen LogP contribution in [0.2, 0.25) is 0 Å². The van der Waals surface area contributed by atoms with Crippen molar-refractivity contribution in [3.05, 3.63) is 11.3 Å². The Hall–Kier alpha value is -1.43. The minimum absolute atomic E-state index is 0.150. The van der Waals surface area contributed by atoms with E-state index in [0.717, 1.165) is 11.5 Å². The minimum Gasteiger partial charge on any atom is -0.389 e. The average Bonchev–Trinajstić information content (AvgIpc) is 2.41. The lowest BCUT2D eigenvalue weighted by atomic mass is 10.3.